The van der Waals surface area contributed by atoms with Crippen molar-refractivity contribution in [3.63, 3.8) is 0 Å². The van der Waals surface area contributed by atoms with E-state index in [0.717, 1.165) is 6.42 Å². The molecule has 0 bridgehead atoms. The van der Waals surface area contributed by atoms with E-state index in [1.54, 1.807) is 0 Å². The minimum atomic E-state index is 1.09. The molecule has 0 saturated carbocycles. The van der Waals surface area contributed by atoms with Gasteiger partial charge >= 0.3 is 0 Å². The summed E-state index contributed by atoms with van der Waals surface area (Å²) >= 11 is 0. The van der Waals surface area contributed by atoms with Crippen LogP contribution in [0.1, 0.15) is 109 Å². The summed E-state index contributed by atoms with van der Waals surface area (Å²) in [5.74, 6) is 0. The molecule has 161 valence electrons. The maximum absolute atomic E-state index is 3.38. The average molecular weight is 394 g/mol. The smallest absolute Gasteiger partial charge is 0.0276 e. The quantitative estimate of drug-likeness (QED) is 0.384. The standard InChI is InChI=1S/C29H45/c1-2-4-6-8-10-12-14-16-18-20-22-24-26-28-29-27-25-23-21-19-17-15-13-11-9-7-5-3-1/h1-11H,12,14-29H2/b2-1+,5-3-,6-4-,9-7-,10-8+,13-11?. The highest BCUT2D eigenvalue weighted by Crippen LogP contribution is 2.14. The number of rotatable bonds is 0. The van der Waals surface area contributed by atoms with Gasteiger partial charge in [0.05, 0.1) is 0 Å². The highest BCUT2D eigenvalue weighted by atomic mass is 14.0. The van der Waals surface area contributed by atoms with Gasteiger partial charge in [-0.25, -0.2) is 0 Å². The minimum absolute atomic E-state index is 1.09. The van der Waals surface area contributed by atoms with Crippen LogP contribution in [0.25, 0.3) is 0 Å². The molecule has 0 unspecified atom stereocenters. The highest BCUT2D eigenvalue weighted by molar-refractivity contribution is 5.19. The summed E-state index contributed by atoms with van der Waals surface area (Å²) in [7, 11) is 0. The fourth-order valence-electron chi connectivity index (χ4n) is 3.62. The molecule has 0 aliphatic heterocycles. The van der Waals surface area contributed by atoms with Gasteiger partial charge in [0.2, 0.25) is 0 Å². The van der Waals surface area contributed by atoms with E-state index in [1.165, 1.54) is 103 Å². The average Bonchev–Trinajstić information content (AvgIpc) is 2.73. The summed E-state index contributed by atoms with van der Waals surface area (Å²) < 4.78 is 0. The van der Waals surface area contributed by atoms with E-state index in [2.05, 4.69) is 72.9 Å². The number of allylic oxidation sites excluding steroid dienone is 12. The van der Waals surface area contributed by atoms with E-state index in [4.69, 9.17) is 0 Å². The van der Waals surface area contributed by atoms with Crippen molar-refractivity contribution in [3.05, 3.63) is 72.9 Å². The summed E-state index contributed by atoms with van der Waals surface area (Å²) in [6.45, 7) is 0. The third-order valence-electron chi connectivity index (χ3n) is 5.43. The zero-order valence-electron chi connectivity index (χ0n) is 18.9. The van der Waals surface area contributed by atoms with E-state index in [9.17, 15) is 0 Å². The predicted molar refractivity (Wildman–Crippen MR) is 132 cm³/mol. The Labute approximate surface area is 182 Å². The van der Waals surface area contributed by atoms with E-state index in [-0.39, 0.29) is 0 Å². The van der Waals surface area contributed by atoms with Crippen LogP contribution in [-0.4, -0.2) is 0 Å². The molecule has 0 heteroatoms. The van der Waals surface area contributed by atoms with Crippen molar-refractivity contribution in [1.29, 1.82) is 0 Å². The van der Waals surface area contributed by atoms with Gasteiger partial charge in [-0.1, -0.05) is 150 Å². The lowest BCUT2D eigenvalue weighted by Crippen LogP contribution is -1.83. The van der Waals surface area contributed by atoms with Crippen molar-refractivity contribution >= 4 is 0 Å². The van der Waals surface area contributed by atoms with Gasteiger partial charge in [-0.3, -0.25) is 0 Å². The van der Waals surface area contributed by atoms with Gasteiger partial charge in [0, 0.05) is 0 Å². The van der Waals surface area contributed by atoms with Crippen molar-refractivity contribution in [2.45, 2.75) is 109 Å². The zero-order valence-corrected chi connectivity index (χ0v) is 18.9. The monoisotopic (exact) mass is 393 g/mol. The molecular weight excluding hydrogens is 348 g/mol. The van der Waals surface area contributed by atoms with Crippen molar-refractivity contribution in [2.75, 3.05) is 0 Å². The molecule has 1 rings (SSSR count). The van der Waals surface area contributed by atoms with Crippen LogP contribution in [0.5, 0.6) is 0 Å². The van der Waals surface area contributed by atoms with Crippen LogP contribution in [0.15, 0.2) is 66.8 Å². The van der Waals surface area contributed by atoms with Crippen LogP contribution >= 0.6 is 0 Å². The summed E-state index contributed by atoms with van der Waals surface area (Å²) in [6, 6.07) is 0. The second-order valence-electron chi connectivity index (χ2n) is 8.18. The fourth-order valence-corrected chi connectivity index (χ4v) is 3.62. The van der Waals surface area contributed by atoms with Crippen LogP contribution in [0.3, 0.4) is 0 Å². The molecule has 0 amide bonds. The van der Waals surface area contributed by atoms with Crippen LogP contribution in [0.2, 0.25) is 0 Å². The Morgan fingerprint density at radius 2 is 0.724 bits per heavy atom. The van der Waals surface area contributed by atoms with Gasteiger partial charge in [-0.15, -0.1) is 0 Å². The van der Waals surface area contributed by atoms with Gasteiger partial charge in [-0.05, 0) is 31.8 Å². The summed E-state index contributed by atoms with van der Waals surface area (Å²) in [4.78, 5) is 0. The maximum Gasteiger partial charge on any atom is -0.0276 e. The van der Waals surface area contributed by atoms with Crippen molar-refractivity contribution in [3.8, 4) is 0 Å². The first-order valence-electron chi connectivity index (χ1n) is 12.4. The van der Waals surface area contributed by atoms with Gasteiger partial charge in [-0.2, -0.15) is 0 Å². The summed E-state index contributed by atoms with van der Waals surface area (Å²) in [5.41, 5.74) is 0. The zero-order chi connectivity index (χ0) is 20.5. The number of hydrogen-bond acceptors (Lipinski definition) is 0. The van der Waals surface area contributed by atoms with Crippen LogP contribution < -0.4 is 0 Å². The van der Waals surface area contributed by atoms with E-state index < -0.39 is 0 Å². The Hall–Kier alpha value is -1.56. The molecule has 0 fully saturated rings. The van der Waals surface area contributed by atoms with Crippen LogP contribution in [0, 0.1) is 6.08 Å². The lowest BCUT2D eigenvalue weighted by atomic mass is 10.0. The van der Waals surface area contributed by atoms with Gasteiger partial charge in [0.15, 0.2) is 0 Å². The van der Waals surface area contributed by atoms with Gasteiger partial charge in [0.1, 0.15) is 0 Å². The third kappa shape index (κ3) is 21.0. The lowest BCUT2D eigenvalue weighted by molar-refractivity contribution is 0.531. The van der Waals surface area contributed by atoms with Crippen molar-refractivity contribution < 1.29 is 0 Å². The van der Waals surface area contributed by atoms with Crippen LogP contribution in [-0.2, 0) is 0 Å². The largest absolute Gasteiger partial charge is 0.0845 e. The fraction of sp³-hybridized carbons (Fsp3) is 0.586. The highest BCUT2D eigenvalue weighted by Gasteiger charge is 1.94. The molecule has 1 radical (unpaired) electrons. The maximum atomic E-state index is 3.38. The predicted octanol–water partition coefficient (Wildman–Crippen LogP) is 9.77. The van der Waals surface area contributed by atoms with E-state index >= 15 is 0 Å². The first kappa shape index (κ1) is 25.5. The molecule has 0 spiro atoms. The molecule has 0 atom stereocenters. The Morgan fingerprint density at radius 1 is 0.345 bits per heavy atom. The first-order valence-corrected chi connectivity index (χ1v) is 12.4. The van der Waals surface area contributed by atoms with Crippen LogP contribution in [0.4, 0.5) is 0 Å². The summed E-state index contributed by atoms with van der Waals surface area (Å²) in [6.07, 6.45) is 50.0. The SMILES string of the molecule is [C]1=C/C=C\C=C/C=C/C=C\C=C\CCCCCCCCCCCCCCCCC/1. The second-order valence-corrected chi connectivity index (χ2v) is 8.18. The van der Waals surface area contributed by atoms with Gasteiger partial charge < -0.3 is 0 Å². The Bertz CT molecular complexity index is 452. The molecule has 1 aliphatic carbocycles. The minimum Gasteiger partial charge on any atom is -0.0845 e. The first-order chi connectivity index (χ1) is 14.5. The van der Waals surface area contributed by atoms with Gasteiger partial charge in [0.25, 0.3) is 0 Å². The van der Waals surface area contributed by atoms with E-state index in [1.807, 2.05) is 0 Å². The molecule has 0 aromatic rings. The molecule has 0 aromatic carbocycles. The van der Waals surface area contributed by atoms with Crippen molar-refractivity contribution in [1.82, 2.24) is 0 Å². The second kappa shape index (κ2) is 22.7. The topological polar surface area (TPSA) is 0 Å². The molecular formula is C29H45. The lowest BCUT2D eigenvalue weighted by Gasteiger charge is -2.03. The number of hydrogen-bond donors (Lipinski definition) is 0. The molecule has 0 N–H and O–H groups in total. The Balaban J connectivity index is 2.25. The third-order valence-corrected chi connectivity index (χ3v) is 5.43. The molecule has 1 aliphatic rings. The van der Waals surface area contributed by atoms with Crippen molar-refractivity contribution in [2.24, 2.45) is 0 Å². The summed E-state index contributed by atoms with van der Waals surface area (Å²) in [5, 5.41) is 0. The molecule has 0 nitrogen and oxygen atoms in total. The molecule has 0 saturated heterocycles. The Morgan fingerprint density at radius 3 is 1.24 bits per heavy atom. The Kier molecular flexibility index (Phi) is 20.0. The molecule has 29 heavy (non-hydrogen) atoms. The van der Waals surface area contributed by atoms with E-state index in [0.29, 0.717) is 0 Å². The molecule has 0 aromatic heterocycles. The molecule has 0 heterocycles. The normalized spacial score (nSPS) is 27.3.